The quantitative estimate of drug-likeness (QED) is 0.774. The van der Waals surface area contributed by atoms with Crippen LogP contribution in [0.1, 0.15) is 39.2 Å². The molecule has 21 heavy (non-hydrogen) atoms. The molecule has 0 bridgehead atoms. The van der Waals surface area contributed by atoms with Crippen LogP contribution in [0.15, 0.2) is 24.3 Å². The predicted octanol–water partition coefficient (Wildman–Crippen LogP) is 2.11. The zero-order chi connectivity index (χ0) is 15.8. The highest BCUT2D eigenvalue weighted by atomic mass is 16.4. The summed E-state index contributed by atoms with van der Waals surface area (Å²) in [5, 5.41) is 12.0. The van der Waals surface area contributed by atoms with Crippen molar-refractivity contribution in [2.45, 2.75) is 44.6 Å². The maximum Gasteiger partial charge on any atom is 0.313 e. The van der Waals surface area contributed by atoms with Crippen molar-refractivity contribution < 1.29 is 14.7 Å². The molecule has 1 atom stereocenters. The second-order valence-electron chi connectivity index (χ2n) is 6.52. The van der Waals surface area contributed by atoms with Crippen LogP contribution in [0.5, 0.6) is 0 Å². The van der Waals surface area contributed by atoms with Gasteiger partial charge in [0.1, 0.15) is 0 Å². The van der Waals surface area contributed by atoms with Gasteiger partial charge in [-0.25, -0.2) is 0 Å². The molecule has 0 aliphatic heterocycles. The van der Waals surface area contributed by atoms with Gasteiger partial charge in [0.2, 0.25) is 5.91 Å². The summed E-state index contributed by atoms with van der Waals surface area (Å²) in [5.41, 5.74) is 5.57. The zero-order valence-corrected chi connectivity index (χ0v) is 12.6. The lowest BCUT2D eigenvalue weighted by molar-refractivity contribution is -0.142. The number of hydrogen-bond donors (Lipinski definition) is 3. The summed E-state index contributed by atoms with van der Waals surface area (Å²) < 4.78 is 0. The summed E-state index contributed by atoms with van der Waals surface area (Å²) in [4.78, 5) is 23.4. The van der Waals surface area contributed by atoms with Crippen molar-refractivity contribution in [1.29, 1.82) is 0 Å². The Labute approximate surface area is 124 Å². The average Bonchev–Trinajstić information content (AvgIpc) is 3.23. The molecule has 1 aliphatic carbocycles. The fourth-order valence-corrected chi connectivity index (χ4v) is 2.23. The molecule has 0 radical (unpaired) electrons. The highest BCUT2D eigenvalue weighted by Gasteiger charge is 2.44. The Kier molecular flexibility index (Phi) is 3.80. The molecule has 4 N–H and O–H groups in total. The van der Waals surface area contributed by atoms with Crippen molar-refractivity contribution in [3.63, 3.8) is 0 Å². The normalized spacial score (nSPS) is 17.9. The van der Waals surface area contributed by atoms with Gasteiger partial charge in [-0.15, -0.1) is 0 Å². The van der Waals surface area contributed by atoms with Crippen molar-refractivity contribution >= 4 is 17.6 Å². The third-order valence-corrected chi connectivity index (χ3v) is 4.31. The number of anilines is 1. The minimum Gasteiger partial charge on any atom is -0.481 e. The van der Waals surface area contributed by atoms with Crippen molar-refractivity contribution in [1.82, 2.24) is 0 Å². The Morgan fingerprint density at radius 1 is 1.19 bits per heavy atom. The fourth-order valence-electron chi connectivity index (χ4n) is 2.23. The van der Waals surface area contributed by atoms with Crippen LogP contribution in [0, 0.1) is 5.92 Å². The molecule has 2 rings (SSSR count). The number of nitrogens with two attached hydrogens (primary N) is 1. The van der Waals surface area contributed by atoms with Gasteiger partial charge in [-0.2, -0.15) is 0 Å². The zero-order valence-electron chi connectivity index (χ0n) is 12.6. The summed E-state index contributed by atoms with van der Waals surface area (Å²) in [6, 6.07) is 6.85. The molecule has 1 fully saturated rings. The molecule has 5 nitrogen and oxygen atoms in total. The van der Waals surface area contributed by atoms with Gasteiger partial charge in [0.15, 0.2) is 0 Å². The van der Waals surface area contributed by atoms with Crippen LogP contribution in [0.4, 0.5) is 5.69 Å². The average molecular weight is 290 g/mol. The molecule has 0 saturated heterocycles. The van der Waals surface area contributed by atoms with Crippen LogP contribution in [0.25, 0.3) is 0 Å². The van der Waals surface area contributed by atoms with Gasteiger partial charge in [0.05, 0.1) is 11.0 Å². The van der Waals surface area contributed by atoms with E-state index < -0.39 is 16.9 Å². The summed E-state index contributed by atoms with van der Waals surface area (Å²) >= 11 is 0. The van der Waals surface area contributed by atoms with Gasteiger partial charge in [-0.05, 0) is 57.2 Å². The van der Waals surface area contributed by atoms with E-state index in [2.05, 4.69) is 5.32 Å². The first kappa shape index (κ1) is 15.5. The number of benzene rings is 1. The topological polar surface area (TPSA) is 92.4 Å². The molecule has 0 heterocycles. The van der Waals surface area contributed by atoms with Gasteiger partial charge < -0.3 is 16.2 Å². The van der Waals surface area contributed by atoms with E-state index in [9.17, 15) is 14.7 Å². The Bertz CT molecular complexity index is 557. The van der Waals surface area contributed by atoms with E-state index >= 15 is 0 Å². The Morgan fingerprint density at radius 3 is 2.14 bits per heavy atom. The van der Waals surface area contributed by atoms with Gasteiger partial charge in [0.25, 0.3) is 0 Å². The third kappa shape index (κ3) is 3.08. The monoisotopic (exact) mass is 290 g/mol. The van der Waals surface area contributed by atoms with Gasteiger partial charge in [0, 0.05) is 5.69 Å². The fraction of sp³-hybridized carbons (Fsp3) is 0.500. The van der Waals surface area contributed by atoms with Crippen molar-refractivity contribution in [3.8, 4) is 0 Å². The number of rotatable bonds is 5. The number of aliphatic carboxylic acids is 1. The SMILES string of the molecule is CC(C)(C(=O)O)c1ccc(NC(=O)C(C)(N)C2CC2)cc1. The third-order valence-electron chi connectivity index (χ3n) is 4.31. The maximum absolute atomic E-state index is 12.2. The first-order valence-corrected chi connectivity index (χ1v) is 7.10. The lowest BCUT2D eigenvalue weighted by Crippen LogP contribution is -2.50. The number of carbonyl (C=O) groups excluding carboxylic acids is 1. The van der Waals surface area contributed by atoms with Gasteiger partial charge >= 0.3 is 5.97 Å². The van der Waals surface area contributed by atoms with Crippen LogP contribution in [-0.2, 0) is 15.0 Å². The van der Waals surface area contributed by atoms with E-state index in [0.29, 0.717) is 11.3 Å². The number of nitrogens with one attached hydrogen (secondary N) is 1. The number of carboxylic acids is 1. The van der Waals surface area contributed by atoms with E-state index in [-0.39, 0.29) is 11.8 Å². The van der Waals surface area contributed by atoms with Crippen molar-refractivity contribution in [2.75, 3.05) is 5.32 Å². The summed E-state index contributed by atoms with van der Waals surface area (Å²) in [7, 11) is 0. The minimum atomic E-state index is -0.959. The van der Waals surface area contributed by atoms with Crippen LogP contribution in [0.2, 0.25) is 0 Å². The van der Waals surface area contributed by atoms with Crippen molar-refractivity contribution in [3.05, 3.63) is 29.8 Å². The smallest absolute Gasteiger partial charge is 0.313 e. The maximum atomic E-state index is 12.2. The predicted molar refractivity (Wildman–Crippen MR) is 81.0 cm³/mol. The van der Waals surface area contributed by atoms with Crippen LogP contribution >= 0.6 is 0 Å². The standard InChI is InChI=1S/C16H22N2O3/c1-15(2,14(20)21)10-6-8-12(9-7-10)18-13(19)16(3,17)11-4-5-11/h6-9,11H,4-5,17H2,1-3H3,(H,18,19)(H,20,21). The molecule has 1 saturated carbocycles. The molecule has 1 aliphatic rings. The van der Waals surface area contributed by atoms with E-state index in [4.69, 9.17) is 5.73 Å². The largest absolute Gasteiger partial charge is 0.481 e. The second kappa shape index (κ2) is 5.15. The Hall–Kier alpha value is -1.88. The number of hydrogen-bond acceptors (Lipinski definition) is 3. The molecule has 114 valence electrons. The van der Waals surface area contributed by atoms with Gasteiger partial charge in [-0.3, -0.25) is 9.59 Å². The van der Waals surface area contributed by atoms with E-state index in [0.717, 1.165) is 12.8 Å². The Morgan fingerprint density at radius 2 is 1.71 bits per heavy atom. The number of carbonyl (C=O) groups is 2. The molecule has 1 aromatic rings. The highest BCUT2D eigenvalue weighted by molar-refractivity contribution is 5.98. The molecule has 1 amide bonds. The first-order valence-electron chi connectivity index (χ1n) is 7.10. The minimum absolute atomic E-state index is 0.199. The number of amides is 1. The molecule has 1 aromatic carbocycles. The molecule has 0 aromatic heterocycles. The Balaban J connectivity index is 2.09. The summed E-state index contributed by atoms with van der Waals surface area (Å²) in [6.07, 6.45) is 1.98. The molecular weight excluding hydrogens is 268 g/mol. The van der Waals surface area contributed by atoms with Gasteiger partial charge in [-0.1, -0.05) is 12.1 Å². The van der Waals surface area contributed by atoms with E-state index in [1.807, 2.05) is 0 Å². The second-order valence-corrected chi connectivity index (χ2v) is 6.52. The molecule has 0 spiro atoms. The van der Waals surface area contributed by atoms with Crippen LogP contribution < -0.4 is 11.1 Å². The van der Waals surface area contributed by atoms with Crippen LogP contribution in [0.3, 0.4) is 0 Å². The molecule has 5 heteroatoms. The lowest BCUT2D eigenvalue weighted by Gasteiger charge is -2.24. The lowest BCUT2D eigenvalue weighted by atomic mass is 9.85. The van der Waals surface area contributed by atoms with E-state index in [1.165, 1.54) is 0 Å². The van der Waals surface area contributed by atoms with E-state index in [1.54, 1.807) is 45.0 Å². The first-order chi connectivity index (χ1) is 9.65. The molecular formula is C16H22N2O3. The summed E-state index contributed by atoms with van der Waals surface area (Å²) in [5.74, 6) is -0.833. The summed E-state index contributed by atoms with van der Waals surface area (Å²) in [6.45, 7) is 5.04. The number of carboxylic acid groups (broad SMARTS) is 1. The highest BCUT2D eigenvalue weighted by Crippen LogP contribution is 2.38. The van der Waals surface area contributed by atoms with Crippen molar-refractivity contribution in [2.24, 2.45) is 11.7 Å². The van der Waals surface area contributed by atoms with Crippen LogP contribution in [-0.4, -0.2) is 22.5 Å². The molecule has 1 unspecified atom stereocenters.